The number of para-hydroxylation sites is 1. The van der Waals surface area contributed by atoms with Crippen molar-refractivity contribution in [3.63, 3.8) is 0 Å². The third-order valence-corrected chi connectivity index (χ3v) is 7.02. The van der Waals surface area contributed by atoms with Gasteiger partial charge in [-0.15, -0.1) is 0 Å². The summed E-state index contributed by atoms with van der Waals surface area (Å²) >= 11 is 3.38. The second-order valence-corrected chi connectivity index (χ2v) is 11.0. The highest BCUT2D eigenvalue weighted by Gasteiger charge is 2.32. The molecule has 0 aliphatic carbocycles. The van der Waals surface area contributed by atoms with Gasteiger partial charge in [0.15, 0.2) is 0 Å². The molecular formula is C24H32BrN3O4S. The molecule has 0 aromatic heterocycles. The summed E-state index contributed by atoms with van der Waals surface area (Å²) in [5.41, 5.74) is 2.25. The summed E-state index contributed by atoms with van der Waals surface area (Å²) in [5, 5.41) is 2.88. The number of nitrogens with one attached hydrogen (secondary N) is 1. The molecule has 0 fully saturated rings. The van der Waals surface area contributed by atoms with Crippen LogP contribution in [0.5, 0.6) is 0 Å². The molecule has 2 rings (SSSR count). The number of anilines is 1. The number of carbonyl (C=O) groups is 2. The Kier molecular flexibility index (Phi) is 9.48. The predicted molar refractivity (Wildman–Crippen MR) is 135 cm³/mol. The minimum Gasteiger partial charge on any atom is -0.352 e. The van der Waals surface area contributed by atoms with Crippen molar-refractivity contribution in [2.45, 2.75) is 52.7 Å². The van der Waals surface area contributed by atoms with Gasteiger partial charge in [0.2, 0.25) is 21.8 Å². The van der Waals surface area contributed by atoms with E-state index in [0.717, 1.165) is 21.7 Å². The van der Waals surface area contributed by atoms with E-state index in [4.69, 9.17) is 0 Å². The van der Waals surface area contributed by atoms with Crippen LogP contribution in [-0.4, -0.2) is 50.0 Å². The second-order valence-electron chi connectivity index (χ2n) is 8.26. The Morgan fingerprint density at radius 3 is 2.21 bits per heavy atom. The summed E-state index contributed by atoms with van der Waals surface area (Å²) in [6.07, 6.45) is 1.46. The Morgan fingerprint density at radius 1 is 1.06 bits per heavy atom. The molecule has 0 radical (unpaired) electrons. The zero-order chi connectivity index (χ0) is 24.8. The van der Waals surface area contributed by atoms with Gasteiger partial charge in [0, 0.05) is 17.1 Å². The minimum absolute atomic E-state index is 0.0882. The molecule has 0 aliphatic rings. The summed E-state index contributed by atoms with van der Waals surface area (Å²) in [5.74, 6) is -0.716. The number of amides is 2. The van der Waals surface area contributed by atoms with Crippen molar-refractivity contribution in [1.29, 1.82) is 0 Å². The third-order valence-electron chi connectivity index (χ3n) is 5.22. The van der Waals surface area contributed by atoms with Crippen LogP contribution < -0.4 is 9.62 Å². The summed E-state index contributed by atoms with van der Waals surface area (Å²) in [6.45, 7) is 7.27. The van der Waals surface area contributed by atoms with Crippen LogP contribution in [0, 0.1) is 6.92 Å². The molecule has 9 heteroatoms. The summed E-state index contributed by atoms with van der Waals surface area (Å²) in [6, 6.07) is 13.6. The highest BCUT2D eigenvalue weighted by atomic mass is 79.9. The van der Waals surface area contributed by atoms with Gasteiger partial charge in [-0.1, -0.05) is 43.3 Å². The van der Waals surface area contributed by atoms with Gasteiger partial charge in [-0.3, -0.25) is 13.9 Å². The SMILES string of the molecule is CC[C@H](C(=O)NC(C)C)N(Cc1ccccc1C)C(=O)CN(c1ccccc1Br)S(C)(=O)=O. The first-order valence-corrected chi connectivity index (χ1v) is 13.5. The van der Waals surface area contributed by atoms with Crippen molar-refractivity contribution in [3.05, 3.63) is 64.1 Å². The molecule has 0 saturated heterocycles. The Bertz CT molecular complexity index is 1090. The average Bonchev–Trinajstić information content (AvgIpc) is 2.72. The van der Waals surface area contributed by atoms with Gasteiger partial charge < -0.3 is 10.2 Å². The first-order chi connectivity index (χ1) is 15.5. The summed E-state index contributed by atoms with van der Waals surface area (Å²) in [7, 11) is -3.77. The molecule has 2 amide bonds. The molecule has 0 spiro atoms. The van der Waals surface area contributed by atoms with Gasteiger partial charge >= 0.3 is 0 Å². The van der Waals surface area contributed by atoms with Crippen LogP contribution in [0.25, 0.3) is 0 Å². The van der Waals surface area contributed by atoms with E-state index < -0.39 is 28.5 Å². The van der Waals surface area contributed by atoms with Crippen molar-refractivity contribution < 1.29 is 18.0 Å². The van der Waals surface area contributed by atoms with Gasteiger partial charge in [-0.25, -0.2) is 8.42 Å². The fourth-order valence-electron chi connectivity index (χ4n) is 3.52. The van der Waals surface area contributed by atoms with Crippen LogP contribution in [0.1, 0.15) is 38.3 Å². The first-order valence-electron chi connectivity index (χ1n) is 10.8. The van der Waals surface area contributed by atoms with Crippen molar-refractivity contribution in [2.75, 3.05) is 17.1 Å². The molecule has 2 aromatic rings. The molecule has 0 heterocycles. The van der Waals surface area contributed by atoms with E-state index in [2.05, 4.69) is 21.2 Å². The standard InChI is InChI=1S/C24H32BrN3O4S/c1-6-21(24(30)26-17(2)3)27(15-19-12-8-7-11-18(19)4)23(29)16-28(33(5,31)32)22-14-10-9-13-20(22)25/h7-14,17,21H,6,15-16H2,1-5H3,(H,26,30)/t21-/m1/s1. The number of nitrogens with zero attached hydrogens (tertiary/aromatic N) is 2. The van der Waals surface area contributed by atoms with Gasteiger partial charge in [0.25, 0.3) is 0 Å². The fraction of sp³-hybridized carbons (Fsp3) is 0.417. The highest BCUT2D eigenvalue weighted by molar-refractivity contribution is 9.10. The molecule has 33 heavy (non-hydrogen) atoms. The van der Waals surface area contributed by atoms with E-state index in [-0.39, 0.29) is 18.5 Å². The molecule has 0 aliphatic heterocycles. The van der Waals surface area contributed by atoms with Crippen molar-refractivity contribution in [2.24, 2.45) is 0 Å². The largest absolute Gasteiger partial charge is 0.352 e. The molecule has 0 saturated carbocycles. The maximum Gasteiger partial charge on any atom is 0.244 e. The Morgan fingerprint density at radius 2 is 1.67 bits per heavy atom. The molecule has 1 atom stereocenters. The van der Waals surface area contributed by atoms with Crippen molar-refractivity contribution in [3.8, 4) is 0 Å². The number of hydrogen-bond donors (Lipinski definition) is 1. The van der Waals surface area contributed by atoms with Crippen molar-refractivity contribution in [1.82, 2.24) is 10.2 Å². The van der Waals surface area contributed by atoms with E-state index in [1.807, 2.05) is 52.0 Å². The molecule has 0 bridgehead atoms. The normalized spacial score (nSPS) is 12.3. The lowest BCUT2D eigenvalue weighted by molar-refractivity contribution is -0.140. The number of benzene rings is 2. The van der Waals surface area contributed by atoms with Gasteiger partial charge in [-0.2, -0.15) is 0 Å². The molecule has 2 aromatic carbocycles. The van der Waals surface area contributed by atoms with Crippen LogP contribution in [0.2, 0.25) is 0 Å². The molecule has 0 unspecified atom stereocenters. The summed E-state index contributed by atoms with van der Waals surface area (Å²) < 4.78 is 26.9. The second kappa shape index (κ2) is 11.7. The number of carbonyl (C=O) groups excluding carboxylic acids is 2. The number of aryl methyl sites for hydroxylation is 1. The van der Waals surface area contributed by atoms with E-state index in [1.54, 1.807) is 24.3 Å². The van der Waals surface area contributed by atoms with Gasteiger partial charge in [0.1, 0.15) is 12.6 Å². The monoisotopic (exact) mass is 537 g/mol. The summed E-state index contributed by atoms with van der Waals surface area (Å²) in [4.78, 5) is 28.1. The topological polar surface area (TPSA) is 86.8 Å². The minimum atomic E-state index is -3.77. The van der Waals surface area contributed by atoms with Crippen LogP contribution in [-0.2, 0) is 26.2 Å². The smallest absolute Gasteiger partial charge is 0.244 e. The average molecular weight is 539 g/mol. The van der Waals surface area contributed by atoms with Crippen molar-refractivity contribution >= 4 is 43.5 Å². The van der Waals surface area contributed by atoms with E-state index in [9.17, 15) is 18.0 Å². The Balaban J connectivity index is 2.47. The highest BCUT2D eigenvalue weighted by Crippen LogP contribution is 2.28. The zero-order valence-corrected chi connectivity index (χ0v) is 22.1. The maximum atomic E-state index is 13.6. The fourth-order valence-corrected chi connectivity index (χ4v) is 5.00. The molecule has 1 N–H and O–H groups in total. The number of rotatable bonds is 10. The molecule has 7 nitrogen and oxygen atoms in total. The third kappa shape index (κ3) is 7.30. The Hall–Kier alpha value is -2.39. The molecular weight excluding hydrogens is 506 g/mol. The van der Waals surface area contributed by atoms with E-state index in [1.165, 1.54) is 4.90 Å². The molecule has 180 valence electrons. The van der Waals surface area contributed by atoms with E-state index >= 15 is 0 Å². The quantitative estimate of drug-likeness (QED) is 0.498. The predicted octanol–water partition coefficient (Wildman–Crippen LogP) is 3.86. The van der Waals surface area contributed by atoms with Crippen LogP contribution >= 0.6 is 15.9 Å². The zero-order valence-electron chi connectivity index (χ0n) is 19.7. The maximum absolute atomic E-state index is 13.6. The van der Waals surface area contributed by atoms with E-state index in [0.29, 0.717) is 16.6 Å². The lowest BCUT2D eigenvalue weighted by Gasteiger charge is -2.33. The lowest BCUT2D eigenvalue weighted by atomic mass is 10.1. The van der Waals surface area contributed by atoms with Crippen LogP contribution in [0.15, 0.2) is 53.0 Å². The Labute approximate surface area is 205 Å². The van der Waals surface area contributed by atoms with Crippen LogP contribution in [0.4, 0.5) is 5.69 Å². The first kappa shape index (κ1) is 26.9. The number of halogens is 1. The van der Waals surface area contributed by atoms with Crippen LogP contribution in [0.3, 0.4) is 0 Å². The van der Waals surface area contributed by atoms with Gasteiger partial charge in [0.05, 0.1) is 11.9 Å². The number of sulfonamides is 1. The van der Waals surface area contributed by atoms with Gasteiger partial charge in [-0.05, 0) is 66.4 Å². The number of hydrogen-bond acceptors (Lipinski definition) is 4. The lowest BCUT2D eigenvalue weighted by Crippen LogP contribution is -2.53.